The van der Waals surface area contributed by atoms with E-state index in [2.05, 4.69) is 0 Å². The fourth-order valence-corrected chi connectivity index (χ4v) is 7.04. The molecule has 0 radical (unpaired) electrons. The molecule has 0 aliphatic carbocycles. The molecule has 4 aromatic rings. The van der Waals surface area contributed by atoms with Crippen LogP contribution in [0.5, 0.6) is 5.75 Å². The van der Waals surface area contributed by atoms with Gasteiger partial charge in [0, 0.05) is 19.2 Å². The lowest BCUT2D eigenvalue weighted by molar-refractivity contribution is -0.134. The van der Waals surface area contributed by atoms with E-state index in [1.807, 2.05) is 60.7 Å². The Balaban J connectivity index is 1.36. The van der Waals surface area contributed by atoms with Crippen molar-refractivity contribution >= 4 is 51.0 Å². The summed E-state index contributed by atoms with van der Waals surface area (Å²) in [5.41, 5.74) is 2.09. The quantitative estimate of drug-likeness (QED) is 0.162. The Kier molecular flexibility index (Phi) is 10.0. The molecule has 46 heavy (non-hydrogen) atoms. The number of benzene rings is 4. The Morgan fingerprint density at radius 3 is 1.96 bits per heavy atom. The van der Waals surface area contributed by atoms with Crippen molar-refractivity contribution in [2.24, 2.45) is 0 Å². The summed E-state index contributed by atoms with van der Waals surface area (Å²) >= 11 is 12.2. The van der Waals surface area contributed by atoms with E-state index in [1.165, 1.54) is 24.3 Å². The van der Waals surface area contributed by atoms with Crippen LogP contribution in [0, 0.1) is 0 Å². The lowest BCUT2D eigenvalue weighted by Crippen LogP contribution is -2.34. The molecule has 1 heterocycles. The van der Waals surface area contributed by atoms with E-state index >= 15 is 0 Å². The SMILES string of the molecule is CC(C)c1cc(OCC(=O)N(Cc2ccccc2)Cc2ccccc2)cc2c1C(=O)N(COC(=O)c1c(Cl)cccc1Cl)S2(=O)=O. The van der Waals surface area contributed by atoms with Crippen molar-refractivity contribution in [3.63, 3.8) is 0 Å². The number of sulfonamides is 1. The first kappa shape index (κ1) is 33.0. The van der Waals surface area contributed by atoms with Gasteiger partial charge in [-0.1, -0.05) is 104 Å². The maximum absolute atomic E-state index is 13.6. The van der Waals surface area contributed by atoms with Crippen molar-refractivity contribution < 1.29 is 32.3 Å². The summed E-state index contributed by atoms with van der Waals surface area (Å²) in [6.45, 7) is 3.02. The molecular weight excluding hydrogens is 651 g/mol. The average Bonchev–Trinajstić information content (AvgIpc) is 3.22. The van der Waals surface area contributed by atoms with Crippen LogP contribution >= 0.6 is 23.2 Å². The van der Waals surface area contributed by atoms with Gasteiger partial charge < -0.3 is 14.4 Å². The highest BCUT2D eigenvalue weighted by Gasteiger charge is 2.44. The molecule has 0 saturated heterocycles. The van der Waals surface area contributed by atoms with Gasteiger partial charge in [0.1, 0.15) is 10.6 Å². The number of nitrogens with zero attached hydrogens (tertiary/aromatic N) is 2. The topological polar surface area (TPSA) is 110 Å². The number of carbonyl (C=O) groups is 3. The molecule has 12 heteroatoms. The van der Waals surface area contributed by atoms with Gasteiger partial charge in [-0.05, 0) is 40.8 Å². The number of hydrogen-bond acceptors (Lipinski definition) is 7. The number of rotatable bonds is 11. The number of ether oxygens (including phenoxy) is 2. The van der Waals surface area contributed by atoms with Gasteiger partial charge in [0.05, 0.1) is 21.2 Å². The first-order valence-corrected chi connectivity index (χ1v) is 16.5. The largest absolute Gasteiger partial charge is 0.484 e. The van der Waals surface area contributed by atoms with Crippen molar-refractivity contribution in [1.82, 2.24) is 9.21 Å². The maximum Gasteiger partial charge on any atom is 0.342 e. The molecule has 1 aliphatic rings. The summed E-state index contributed by atoms with van der Waals surface area (Å²) in [7, 11) is -4.44. The summed E-state index contributed by atoms with van der Waals surface area (Å²) in [6.07, 6.45) is 0. The third kappa shape index (κ3) is 7.04. The van der Waals surface area contributed by atoms with E-state index < -0.39 is 28.6 Å². The Labute approximate surface area is 277 Å². The Morgan fingerprint density at radius 1 is 0.848 bits per heavy atom. The van der Waals surface area contributed by atoms with Crippen molar-refractivity contribution in [2.45, 2.75) is 37.8 Å². The van der Waals surface area contributed by atoms with Gasteiger partial charge in [-0.15, -0.1) is 0 Å². The van der Waals surface area contributed by atoms with Gasteiger partial charge >= 0.3 is 5.97 Å². The summed E-state index contributed by atoms with van der Waals surface area (Å²) in [5.74, 6) is -2.34. The molecule has 0 aromatic heterocycles. The minimum atomic E-state index is -4.44. The second-order valence-electron chi connectivity index (χ2n) is 10.9. The fourth-order valence-electron chi connectivity index (χ4n) is 5.02. The summed E-state index contributed by atoms with van der Waals surface area (Å²) in [6, 6.07) is 26.3. The average molecular weight is 682 g/mol. The predicted molar refractivity (Wildman–Crippen MR) is 173 cm³/mol. The van der Waals surface area contributed by atoms with Crippen LogP contribution in [-0.4, -0.2) is 48.7 Å². The van der Waals surface area contributed by atoms with E-state index in [0.29, 0.717) is 23.0 Å². The maximum atomic E-state index is 13.6. The van der Waals surface area contributed by atoms with Crippen molar-refractivity contribution in [3.05, 3.63) is 129 Å². The van der Waals surface area contributed by atoms with E-state index in [1.54, 1.807) is 24.8 Å². The molecule has 0 unspecified atom stereocenters. The molecule has 0 atom stereocenters. The van der Waals surface area contributed by atoms with Crippen LogP contribution in [0.1, 0.15) is 57.2 Å². The van der Waals surface area contributed by atoms with Gasteiger partial charge in [0.15, 0.2) is 13.3 Å². The molecule has 9 nitrogen and oxygen atoms in total. The fraction of sp³-hybridized carbons (Fsp3) is 0.206. The highest BCUT2D eigenvalue weighted by molar-refractivity contribution is 7.90. The van der Waals surface area contributed by atoms with Gasteiger partial charge in [-0.2, -0.15) is 4.31 Å². The zero-order chi connectivity index (χ0) is 33.0. The van der Waals surface area contributed by atoms with Crippen LogP contribution in [0.25, 0.3) is 0 Å². The molecule has 1 aliphatic heterocycles. The Morgan fingerprint density at radius 2 is 1.41 bits per heavy atom. The third-order valence-electron chi connectivity index (χ3n) is 7.36. The van der Waals surface area contributed by atoms with Gasteiger partial charge in [-0.25, -0.2) is 13.2 Å². The number of amides is 2. The Hall–Kier alpha value is -4.38. The lowest BCUT2D eigenvalue weighted by Gasteiger charge is -2.23. The number of fused-ring (bicyclic) bond motifs is 1. The van der Waals surface area contributed by atoms with Crippen molar-refractivity contribution in [1.29, 1.82) is 0 Å². The molecule has 4 aromatic carbocycles. The molecule has 0 N–H and O–H groups in total. The van der Waals surface area contributed by atoms with Crippen molar-refractivity contribution in [2.75, 3.05) is 13.3 Å². The minimum absolute atomic E-state index is 0.0147. The van der Waals surface area contributed by atoms with Crippen LogP contribution < -0.4 is 4.74 Å². The van der Waals surface area contributed by atoms with E-state index in [4.69, 9.17) is 32.7 Å². The number of esters is 1. The molecule has 2 amide bonds. The third-order valence-corrected chi connectivity index (χ3v) is 9.72. The van der Waals surface area contributed by atoms with Crippen LogP contribution in [0.2, 0.25) is 10.0 Å². The highest BCUT2D eigenvalue weighted by atomic mass is 35.5. The molecule has 0 saturated carbocycles. The van der Waals surface area contributed by atoms with Gasteiger partial charge in [-0.3, -0.25) is 9.59 Å². The minimum Gasteiger partial charge on any atom is -0.484 e. The van der Waals surface area contributed by atoms with E-state index in [0.717, 1.165) is 11.1 Å². The highest BCUT2D eigenvalue weighted by Crippen LogP contribution is 2.39. The molecule has 0 fully saturated rings. The summed E-state index contributed by atoms with van der Waals surface area (Å²) in [4.78, 5) is 41.0. The van der Waals surface area contributed by atoms with E-state index in [-0.39, 0.29) is 50.2 Å². The Bertz CT molecular complexity index is 1820. The summed E-state index contributed by atoms with van der Waals surface area (Å²) in [5, 5.41) is 0.0295. The molecule has 0 bridgehead atoms. The van der Waals surface area contributed by atoms with Gasteiger partial charge in [0.2, 0.25) is 0 Å². The normalized spacial score (nSPS) is 13.4. The monoisotopic (exact) mass is 680 g/mol. The smallest absolute Gasteiger partial charge is 0.342 e. The van der Waals surface area contributed by atoms with Crippen LogP contribution in [-0.2, 0) is 32.6 Å². The van der Waals surface area contributed by atoms with Crippen molar-refractivity contribution in [3.8, 4) is 5.75 Å². The van der Waals surface area contributed by atoms with Crippen LogP contribution in [0.15, 0.2) is 95.9 Å². The molecule has 0 spiro atoms. The number of carbonyl (C=O) groups excluding carboxylic acids is 3. The lowest BCUT2D eigenvalue weighted by atomic mass is 9.96. The zero-order valence-corrected chi connectivity index (χ0v) is 27.3. The zero-order valence-electron chi connectivity index (χ0n) is 25.0. The van der Waals surface area contributed by atoms with E-state index in [9.17, 15) is 22.8 Å². The number of hydrogen-bond donors (Lipinski definition) is 0. The van der Waals surface area contributed by atoms with Crippen LogP contribution in [0.3, 0.4) is 0 Å². The molecule has 5 rings (SSSR count). The second-order valence-corrected chi connectivity index (χ2v) is 13.5. The predicted octanol–water partition coefficient (Wildman–Crippen LogP) is 6.68. The summed E-state index contributed by atoms with van der Waals surface area (Å²) < 4.78 is 38.7. The van der Waals surface area contributed by atoms with Gasteiger partial charge in [0.25, 0.3) is 21.8 Å². The first-order chi connectivity index (χ1) is 22.0. The molecular formula is C34H30Cl2N2O7S. The second kappa shape index (κ2) is 13.9. The molecule has 238 valence electrons. The van der Waals surface area contributed by atoms with Crippen LogP contribution in [0.4, 0.5) is 0 Å². The first-order valence-electron chi connectivity index (χ1n) is 14.3. The number of halogens is 2. The standard InChI is InChI=1S/C34H30Cl2N2O7S/c1-22(2)26-16-25(44-20-30(39)37(18-23-10-5-3-6-11-23)19-24-12-7-4-8-13-24)17-29-31(26)33(40)38(46(29,42)43)21-45-34(41)32-27(35)14-9-15-28(32)36/h3-17,22H,18-21H2,1-2H3.